The number of ether oxygens (including phenoxy) is 4. The van der Waals surface area contributed by atoms with Gasteiger partial charge in [0, 0.05) is 51.1 Å². The first-order valence-electron chi connectivity index (χ1n) is 15.9. The Hall–Kier alpha value is -4.03. The molecule has 1 aromatic carbocycles. The zero-order valence-electron chi connectivity index (χ0n) is 27.2. The molecule has 13 nitrogen and oxygen atoms in total. The minimum Gasteiger partial charge on any atom is -0.475 e. The molecular formula is C32H46N4O9. The summed E-state index contributed by atoms with van der Waals surface area (Å²) in [4.78, 5) is 69.3. The van der Waals surface area contributed by atoms with Crippen LogP contribution in [0.5, 0.6) is 5.75 Å². The number of fused-ring (bicyclic) bond motifs is 1. The van der Waals surface area contributed by atoms with Gasteiger partial charge in [0.25, 0.3) is 11.8 Å². The van der Waals surface area contributed by atoms with Gasteiger partial charge in [-0.05, 0) is 77.5 Å². The number of carbonyl (C=O) groups is 5. The molecule has 3 aliphatic rings. The van der Waals surface area contributed by atoms with Crippen LogP contribution in [0.3, 0.4) is 0 Å². The Bertz CT molecular complexity index is 1300. The van der Waals surface area contributed by atoms with Gasteiger partial charge in [-0.15, -0.1) is 0 Å². The minimum atomic E-state index is -1.14. The summed E-state index contributed by atoms with van der Waals surface area (Å²) in [5.74, 6) is 0.0674. The molecule has 1 unspecified atom stereocenters. The van der Waals surface area contributed by atoms with Crippen LogP contribution in [0, 0.1) is 6.92 Å². The fourth-order valence-electron chi connectivity index (χ4n) is 6.11. The number of rotatable bonds is 10. The van der Waals surface area contributed by atoms with Crippen LogP contribution in [-0.4, -0.2) is 96.5 Å². The largest absolute Gasteiger partial charge is 0.511 e. The first-order chi connectivity index (χ1) is 21.4. The van der Waals surface area contributed by atoms with Crippen molar-refractivity contribution in [2.75, 3.05) is 37.7 Å². The van der Waals surface area contributed by atoms with Crippen molar-refractivity contribution in [2.24, 2.45) is 0 Å². The Labute approximate surface area is 264 Å². The summed E-state index contributed by atoms with van der Waals surface area (Å²) >= 11 is 0. The molecule has 1 N–H and O–H groups in total. The highest BCUT2D eigenvalue weighted by Gasteiger charge is 2.52. The predicted octanol–water partition coefficient (Wildman–Crippen LogP) is 4.14. The van der Waals surface area contributed by atoms with Crippen LogP contribution >= 0.6 is 0 Å². The summed E-state index contributed by atoms with van der Waals surface area (Å²) in [6.45, 7) is 11.9. The fraction of sp³-hybridized carbons (Fsp3) is 0.656. The van der Waals surface area contributed by atoms with Crippen molar-refractivity contribution in [2.45, 2.75) is 104 Å². The summed E-state index contributed by atoms with van der Waals surface area (Å²) in [6.07, 6.45) is 1.10. The minimum absolute atomic E-state index is 0.104. The van der Waals surface area contributed by atoms with Gasteiger partial charge < -0.3 is 39.0 Å². The summed E-state index contributed by atoms with van der Waals surface area (Å²) in [5.41, 5.74) is 0.750. The highest BCUT2D eigenvalue weighted by molar-refractivity contribution is 6.05. The Morgan fingerprint density at radius 1 is 1.11 bits per heavy atom. The number of hydrogen-bond donors (Lipinski definition) is 1. The number of aryl methyl sites for hydroxylation is 1. The van der Waals surface area contributed by atoms with Gasteiger partial charge in [-0.2, -0.15) is 0 Å². The van der Waals surface area contributed by atoms with Crippen LogP contribution in [0.4, 0.5) is 15.3 Å². The number of amides is 4. The number of nitrogens with zero attached hydrogens (tertiary/aromatic N) is 3. The van der Waals surface area contributed by atoms with E-state index in [1.807, 2.05) is 26.8 Å². The predicted molar refractivity (Wildman–Crippen MR) is 164 cm³/mol. The highest BCUT2D eigenvalue weighted by Crippen LogP contribution is 2.47. The van der Waals surface area contributed by atoms with Crippen LogP contribution in [0.1, 0.15) is 89.1 Å². The lowest BCUT2D eigenvalue weighted by Gasteiger charge is -2.47. The number of benzene rings is 1. The lowest BCUT2D eigenvalue weighted by atomic mass is 9.77. The molecule has 1 spiro atoms. The third-order valence-corrected chi connectivity index (χ3v) is 8.54. The Morgan fingerprint density at radius 3 is 2.47 bits per heavy atom. The van der Waals surface area contributed by atoms with E-state index in [1.165, 1.54) is 11.8 Å². The van der Waals surface area contributed by atoms with E-state index in [4.69, 9.17) is 18.9 Å². The zero-order valence-corrected chi connectivity index (χ0v) is 27.2. The maximum absolute atomic E-state index is 14.3. The van der Waals surface area contributed by atoms with Gasteiger partial charge in [0.15, 0.2) is 5.60 Å². The van der Waals surface area contributed by atoms with Crippen molar-refractivity contribution >= 4 is 35.7 Å². The number of anilines is 1. The second kappa shape index (κ2) is 14.4. The van der Waals surface area contributed by atoms with Crippen molar-refractivity contribution in [3.05, 3.63) is 23.3 Å². The van der Waals surface area contributed by atoms with Crippen LogP contribution in [-0.2, 0) is 23.8 Å². The number of carbonyl (C=O) groups excluding carboxylic acids is 5. The maximum Gasteiger partial charge on any atom is 0.511 e. The van der Waals surface area contributed by atoms with E-state index in [9.17, 15) is 24.0 Å². The molecule has 2 atom stereocenters. The smallest absolute Gasteiger partial charge is 0.475 e. The Morgan fingerprint density at radius 2 is 1.84 bits per heavy atom. The van der Waals surface area contributed by atoms with Crippen molar-refractivity contribution in [3.63, 3.8) is 0 Å². The molecule has 1 aliphatic carbocycles. The molecular weight excluding hydrogens is 584 g/mol. The van der Waals surface area contributed by atoms with E-state index < -0.39 is 24.1 Å². The van der Waals surface area contributed by atoms with Crippen LogP contribution < -0.4 is 15.0 Å². The van der Waals surface area contributed by atoms with E-state index in [0.29, 0.717) is 61.2 Å². The van der Waals surface area contributed by atoms with Crippen LogP contribution in [0.25, 0.3) is 0 Å². The fourth-order valence-corrected chi connectivity index (χ4v) is 6.11. The molecule has 0 radical (unpaired) electrons. The molecule has 4 rings (SSSR count). The van der Waals surface area contributed by atoms with E-state index in [2.05, 4.69) is 5.32 Å². The lowest BCUT2D eigenvalue weighted by Crippen LogP contribution is -2.61. The lowest BCUT2D eigenvalue weighted by molar-refractivity contribution is -0.143. The molecule has 2 heterocycles. The quantitative estimate of drug-likeness (QED) is 0.298. The highest BCUT2D eigenvalue weighted by atomic mass is 16.8. The molecule has 2 aliphatic heterocycles. The van der Waals surface area contributed by atoms with Crippen molar-refractivity contribution < 1.29 is 42.9 Å². The number of hydrogen-bond acceptors (Lipinski definition) is 9. The van der Waals surface area contributed by atoms with Gasteiger partial charge >= 0.3 is 12.2 Å². The average Bonchev–Trinajstić information content (AvgIpc) is 2.96. The molecule has 13 heteroatoms. The van der Waals surface area contributed by atoms with Crippen molar-refractivity contribution in [1.82, 2.24) is 15.1 Å². The first-order valence-corrected chi connectivity index (χ1v) is 15.9. The number of nitrogens with one attached hydrogen (secondary N) is 1. The van der Waals surface area contributed by atoms with Crippen LogP contribution in [0.15, 0.2) is 12.1 Å². The molecule has 4 amide bonds. The van der Waals surface area contributed by atoms with Crippen LogP contribution in [0.2, 0.25) is 0 Å². The summed E-state index contributed by atoms with van der Waals surface area (Å²) in [6, 6.07) is 3.04. The van der Waals surface area contributed by atoms with Gasteiger partial charge in [-0.1, -0.05) is 6.92 Å². The Kier molecular flexibility index (Phi) is 10.8. The topological polar surface area (TPSA) is 144 Å². The molecule has 0 aromatic heterocycles. The van der Waals surface area contributed by atoms with Crippen molar-refractivity contribution in [3.8, 4) is 5.75 Å². The molecule has 45 heavy (non-hydrogen) atoms. The SMILES string of the molecule is CCOC(=O)OC(C)OC(=O)N1CCC[C@@H](N(C(=O)c2cc3c(cc2C)OC2(CCC2)C(=O)N3CCNC(=O)CC)C(C)C)C1. The number of piperidine rings is 1. The molecule has 0 bridgehead atoms. The third-order valence-electron chi connectivity index (χ3n) is 8.54. The van der Waals surface area contributed by atoms with Crippen molar-refractivity contribution in [1.29, 1.82) is 0 Å². The average molecular weight is 631 g/mol. The zero-order chi connectivity index (χ0) is 32.9. The standard InChI is InChI=1S/C32H46N4O9/c1-7-27(37)33-14-16-35-25-18-24(21(5)17-26(25)45-32(29(35)39)12-10-13-32)28(38)36(20(3)4)23-11-9-15-34(19-23)30(40)43-22(6)44-31(41)42-8-2/h17-18,20,22-23H,7-16,19H2,1-6H3,(H,33,37)/t22?,23-/m1/s1. The van der Waals surface area contributed by atoms with E-state index >= 15 is 0 Å². The van der Waals surface area contributed by atoms with Gasteiger partial charge in [0.1, 0.15) is 5.75 Å². The summed E-state index contributed by atoms with van der Waals surface area (Å²) < 4.78 is 21.3. The summed E-state index contributed by atoms with van der Waals surface area (Å²) in [7, 11) is 0. The maximum atomic E-state index is 14.3. The molecule has 1 aromatic rings. The number of likely N-dealkylation sites (tertiary alicyclic amines) is 1. The second-order valence-corrected chi connectivity index (χ2v) is 12.0. The van der Waals surface area contributed by atoms with Gasteiger partial charge in [-0.25, -0.2) is 9.59 Å². The normalized spacial score (nSPS) is 19.2. The molecule has 1 saturated heterocycles. The molecule has 2 fully saturated rings. The van der Waals surface area contributed by atoms with Gasteiger partial charge in [0.05, 0.1) is 18.3 Å². The molecule has 248 valence electrons. The van der Waals surface area contributed by atoms with Gasteiger partial charge in [0.2, 0.25) is 12.2 Å². The van der Waals surface area contributed by atoms with E-state index in [-0.39, 0.29) is 56.0 Å². The second-order valence-electron chi connectivity index (χ2n) is 12.0. The van der Waals surface area contributed by atoms with Gasteiger partial charge in [-0.3, -0.25) is 14.4 Å². The molecule has 1 saturated carbocycles. The summed E-state index contributed by atoms with van der Waals surface area (Å²) in [5, 5.41) is 2.84. The third kappa shape index (κ3) is 7.45. The van der Waals surface area contributed by atoms with E-state index in [1.54, 1.807) is 29.7 Å². The monoisotopic (exact) mass is 630 g/mol. The first kappa shape index (κ1) is 33.9. The van der Waals surface area contributed by atoms with E-state index in [0.717, 1.165) is 6.42 Å². The Balaban J connectivity index is 1.55.